The highest BCUT2D eigenvalue weighted by molar-refractivity contribution is 5.82. The molecule has 2 aromatic carbocycles. The van der Waals surface area contributed by atoms with E-state index in [-0.39, 0.29) is 28.5 Å². The van der Waals surface area contributed by atoms with Gasteiger partial charge in [-0.1, -0.05) is 18.2 Å². The topological polar surface area (TPSA) is 101 Å². The lowest BCUT2D eigenvalue weighted by Crippen LogP contribution is -2.61. The highest BCUT2D eigenvalue weighted by Gasteiger charge is 2.42. The summed E-state index contributed by atoms with van der Waals surface area (Å²) in [7, 11) is 1.66. The molecule has 3 heterocycles. The van der Waals surface area contributed by atoms with Crippen LogP contribution in [-0.4, -0.2) is 55.1 Å². The Morgan fingerprint density at radius 3 is 2.75 bits per heavy atom. The van der Waals surface area contributed by atoms with Gasteiger partial charge >= 0.3 is 0 Å². The van der Waals surface area contributed by atoms with Crippen molar-refractivity contribution in [1.29, 1.82) is 0 Å². The van der Waals surface area contributed by atoms with Gasteiger partial charge in [-0.15, -0.1) is 0 Å². The van der Waals surface area contributed by atoms with Gasteiger partial charge in [-0.3, -0.25) is 19.9 Å². The zero-order chi connectivity index (χ0) is 25.1. The van der Waals surface area contributed by atoms with Crippen LogP contribution in [0.5, 0.6) is 5.75 Å². The van der Waals surface area contributed by atoms with E-state index in [9.17, 15) is 14.9 Å². The smallest absolute Gasteiger partial charge is 0.269 e. The van der Waals surface area contributed by atoms with Crippen LogP contribution in [0.15, 0.2) is 66.9 Å². The maximum Gasteiger partial charge on any atom is 0.269 e. The Labute approximate surface area is 209 Å². The Morgan fingerprint density at radius 2 is 1.97 bits per heavy atom. The summed E-state index contributed by atoms with van der Waals surface area (Å²) >= 11 is 0. The lowest BCUT2D eigenvalue weighted by molar-refractivity contribution is -0.384. The van der Waals surface area contributed by atoms with E-state index < -0.39 is 0 Å². The van der Waals surface area contributed by atoms with Gasteiger partial charge in [0.25, 0.3) is 5.69 Å². The molecule has 1 aromatic heterocycles. The van der Waals surface area contributed by atoms with Crippen LogP contribution < -0.4 is 19.9 Å². The molecule has 186 valence electrons. The second-order valence-corrected chi connectivity index (χ2v) is 9.12. The number of nitro benzene ring substituents is 1. The van der Waals surface area contributed by atoms with E-state index in [1.54, 1.807) is 25.4 Å². The molecule has 9 heteroatoms. The fourth-order valence-electron chi connectivity index (χ4n) is 5.32. The van der Waals surface area contributed by atoms with Gasteiger partial charge in [0.1, 0.15) is 5.75 Å². The Hall–Kier alpha value is -4.14. The van der Waals surface area contributed by atoms with Crippen LogP contribution in [-0.2, 0) is 17.6 Å². The molecule has 0 aliphatic carbocycles. The van der Waals surface area contributed by atoms with Crippen molar-refractivity contribution >= 4 is 23.0 Å². The van der Waals surface area contributed by atoms with Crippen LogP contribution in [0, 0.1) is 16.0 Å². The van der Waals surface area contributed by atoms with Crippen molar-refractivity contribution in [3.63, 3.8) is 0 Å². The van der Waals surface area contributed by atoms with E-state index in [4.69, 9.17) is 4.74 Å². The van der Waals surface area contributed by atoms with Crippen molar-refractivity contribution in [2.75, 3.05) is 43.1 Å². The number of anilines is 2. The summed E-state index contributed by atoms with van der Waals surface area (Å²) in [6, 6.07) is 18.6. The third-order valence-corrected chi connectivity index (χ3v) is 7.08. The first-order valence-corrected chi connectivity index (χ1v) is 12.1. The number of amides is 1. The number of carbonyl (C=O) groups is 1. The normalized spacial score (nSPS) is 18.7. The maximum atomic E-state index is 13.5. The van der Waals surface area contributed by atoms with Gasteiger partial charge in [-0.2, -0.15) is 0 Å². The molecule has 36 heavy (non-hydrogen) atoms. The van der Waals surface area contributed by atoms with Crippen molar-refractivity contribution in [1.82, 2.24) is 10.3 Å². The van der Waals surface area contributed by atoms with Gasteiger partial charge < -0.3 is 19.9 Å². The van der Waals surface area contributed by atoms with Gasteiger partial charge in [0.05, 0.1) is 29.7 Å². The van der Waals surface area contributed by atoms with Crippen LogP contribution in [0.3, 0.4) is 0 Å². The van der Waals surface area contributed by atoms with Crippen LogP contribution in [0.2, 0.25) is 0 Å². The molecular weight excluding hydrogens is 458 g/mol. The molecule has 3 aromatic rings. The van der Waals surface area contributed by atoms with Gasteiger partial charge in [0.2, 0.25) is 5.91 Å². The van der Waals surface area contributed by atoms with Crippen molar-refractivity contribution in [2.24, 2.45) is 5.92 Å². The number of hydrogen-bond acceptors (Lipinski definition) is 7. The van der Waals surface area contributed by atoms with Crippen LogP contribution in [0.1, 0.15) is 11.3 Å². The second-order valence-electron chi connectivity index (χ2n) is 9.12. The fraction of sp³-hybridized carbons (Fsp3) is 0.333. The predicted molar refractivity (Wildman–Crippen MR) is 138 cm³/mol. The van der Waals surface area contributed by atoms with Crippen LogP contribution in [0.25, 0.3) is 0 Å². The number of nitrogens with one attached hydrogen (secondary N) is 1. The monoisotopic (exact) mass is 487 g/mol. The molecule has 2 atom stereocenters. The number of nitro groups is 1. The summed E-state index contributed by atoms with van der Waals surface area (Å²) in [5.41, 5.74) is 3.79. The second kappa shape index (κ2) is 10.2. The zero-order valence-corrected chi connectivity index (χ0v) is 20.2. The predicted octanol–water partition coefficient (Wildman–Crippen LogP) is 3.22. The van der Waals surface area contributed by atoms with E-state index in [1.807, 2.05) is 48.5 Å². The summed E-state index contributed by atoms with van der Waals surface area (Å²) in [5.74, 6) is 0.412. The van der Waals surface area contributed by atoms with E-state index in [0.717, 1.165) is 34.9 Å². The van der Waals surface area contributed by atoms with E-state index in [2.05, 4.69) is 20.1 Å². The molecular formula is C27H29N5O4. The molecule has 0 spiro atoms. The number of piperazine rings is 1. The lowest BCUT2D eigenvalue weighted by Gasteiger charge is -2.49. The average Bonchev–Trinajstić information content (AvgIpc) is 2.92. The molecule has 1 N–H and O–H groups in total. The first-order chi connectivity index (χ1) is 17.5. The minimum absolute atomic E-state index is 0.0417. The molecule has 0 bridgehead atoms. The molecule has 0 radical (unpaired) electrons. The Kier molecular flexibility index (Phi) is 6.71. The fourth-order valence-corrected chi connectivity index (χ4v) is 5.32. The van der Waals surface area contributed by atoms with Gasteiger partial charge in [0, 0.05) is 62.3 Å². The number of carbonyl (C=O) groups excluding carboxylic acids is 1. The SMILES string of the molecule is COc1ccccc1N1CCN2c3ccc([N+](=O)[O-])cc3C[C@@H](C(=O)NCCc3ccccn3)[C@H]2C1. The molecule has 9 nitrogen and oxygen atoms in total. The number of para-hydroxylation sites is 2. The first-order valence-electron chi connectivity index (χ1n) is 12.1. The molecule has 1 saturated heterocycles. The Morgan fingerprint density at radius 1 is 1.14 bits per heavy atom. The summed E-state index contributed by atoms with van der Waals surface area (Å²) in [6.07, 6.45) is 2.84. The van der Waals surface area contributed by atoms with E-state index >= 15 is 0 Å². The molecule has 2 aliphatic rings. The number of nitrogens with zero attached hydrogens (tertiary/aromatic N) is 4. The first kappa shape index (κ1) is 23.6. The number of non-ortho nitro benzene ring substituents is 1. The number of benzene rings is 2. The number of ether oxygens (including phenoxy) is 1. The molecule has 0 unspecified atom stereocenters. The third kappa shape index (κ3) is 4.68. The van der Waals surface area contributed by atoms with E-state index in [0.29, 0.717) is 32.5 Å². The molecule has 2 aliphatic heterocycles. The maximum absolute atomic E-state index is 13.5. The highest BCUT2D eigenvalue weighted by Crippen LogP contribution is 2.39. The summed E-state index contributed by atoms with van der Waals surface area (Å²) < 4.78 is 5.59. The summed E-state index contributed by atoms with van der Waals surface area (Å²) in [5, 5.41) is 14.5. The molecule has 0 saturated carbocycles. The number of fused-ring (bicyclic) bond motifs is 3. The quantitative estimate of drug-likeness (QED) is 0.403. The molecule has 1 amide bonds. The standard InChI is InChI=1S/C27H29N5O4/c1-36-26-8-3-2-7-24(26)30-14-15-31-23-10-9-21(32(34)35)16-19(23)17-22(25(31)18-30)27(33)29-13-11-20-6-4-5-12-28-20/h2-10,12,16,22,25H,11,13-15,17-18H2,1H3,(H,29,33)/t22-,25-/m1/s1. The minimum atomic E-state index is -0.381. The van der Waals surface area contributed by atoms with Crippen LogP contribution >= 0.6 is 0 Å². The largest absolute Gasteiger partial charge is 0.495 e. The van der Waals surface area contributed by atoms with Gasteiger partial charge in [0.15, 0.2) is 0 Å². The van der Waals surface area contributed by atoms with Crippen LogP contribution in [0.4, 0.5) is 17.1 Å². The van der Waals surface area contributed by atoms with Crippen molar-refractivity contribution in [3.8, 4) is 5.75 Å². The molecule has 5 rings (SSSR count). The molecule has 1 fully saturated rings. The van der Waals surface area contributed by atoms with Crippen molar-refractivity contribution in [2.45, 2.75) is 18.9 Å². The Balaban J connectivity index is 1.41. The number of methoxy groups -OCH3 is 1. The average molecular weight is 488 g/mol. The third-order valence-electron chi connectivity index (χ3n) is 7.08. The summed E-state index contributed by atoms with van der Waals surface area (Å²) in [6.45, 7) is 2.58. The zero-order valence-electron chi connectivity index (χ0n) is 20.2. The van der Waals surface area contributed by atoms with Gasteiger partial charge in [-0.05, 0) is 42.3 Å². The highest BCUT2D eigenvalue weighted by atomic mass is 16.6. The van der Waals surface area contributed by atoms with Gasteiger partial charge in [-0.25, -0.2) is 0 Å². The lowest BCUT2D eigenvalue weighted by atomic mass is 9.83. The summed E-state index contributed by atoms with van der Waals surface area (Å²) in [4.78, 5) is 33.4. The number of pyridine rings is 1. The number of rotatable bonds is 7. The number of aromatic nitrogens is 1. The van der Waals surface area contributed by atoms with Crippen molar-refractivity contribution < 1.29 is 14.5 Å². The van der Waals surface area contributed by atoms with E-state index in [1.165, 1.54) is 0 Å². The minimum Gasteiger partial charge on any atom is -0.495 e. The van der Waals surface area contributed by atoms with Crippen molar-refractivity contribution in [3.05, 3.63) is 88.2 Å². The Bertz CT molecular complexity index is 1250. The number of hydrogen-bond donors (Lipinski definition) is 1.